The molecule has 6 heteroatoms. The molecule has 0 fully saturated rings. The van der Waals surface area contributed by atoms with Gasteiger partial charge in [-0.2, -0.15) is 0 Å². The fourth-order valence-corrected chi connectivity index (χ4v) is 3.76. The summed E-state index contributed by atoms with van der Waals surface area (Å²) in [5.74, 6) is -0.666. The molecule has 3 rings (SSSR count). The van der Waals surface area contributed by atoms with Crippen LogP contribution in [-0.2, 0) is 24.8 Å². The minimum absolute atomic E-state index is 0.178. The van der Waals surface area contributed by atoms with Crippen molar-refractivity contribution in [2.24, 2.45) is 7.05 Å². The van der Waals surface area contributed by atoms with Crippen molar-refractivity contribution < 1.29 is 14.3 Å². The zero-order valence-electron chi connectivity index (χ0n) is 15.2. The first-order valence-corrected chi connectivity index (χ1v) is 9.36. The van der Waals surface area contributed by atoms with E-state index in [2.05, 4.69) is 16.0 Å². The molecule has 0 bridgehead atoms. The van der Waals surface area contributed by atoms with E-state index in [1.807, 2.05) is 26.0 Å². The number of hydrogen-bond donors (Lipinski definition) is 0. The molecule has 26 heavy (non-hydrogen) atoms. The van der Waals surface area contributed by atoms with Gasteiger partial charge in [0.2, 0.25) is 5.78 Å². The van der Waals surface area contributed by atoms with Gasteiger partial charge >= 0.3 is 5.97 Å². The van der Waals surface area contributed by atoms with Crippen LogP contribution in [0.4, 0.5) is 0 Å². The zero-order chi connectivity index (χ0) is 18.7. The van der Waals surface area contributed by atoms with Crippen molar-refractivity contribution in [1.82, 2.24) is 9.13 Å². The average Bonchev–Trinajstić information content (AvgIpc) is 3.33. The van der Waals surface area contributed by atoms with E-state index in [0.717, 1.165) is 24.4 Å². The van der Waals surface area contributed by atoms with Crippen molar-refractivity contribution in [2.75, 3.05) is 6.61 Å². The lowest BCUT2D eigenvalue weighted by Gasteiger charge is -2.09. The van der Waals surface area contributed by atoms with Crippen LogP contribution in [0.2, 0.25) is 0 Å². The van der Waals surface area contributed by atoms with E-state index in [1.165, 1.54) is 4.88 Å². The number of thiophene rings is 1. The minimum atomic E-state index is -0.489. The molecule has 0 atom stereocenters. The van der Waals surface area contributed by atoms with Gasteiger partial charge in [0.25, 0.3) is 0 Å². The molecule has 0 saturated carbocycles. The Morgan fingerprint density at radius 3 is 2.65 bits per heavy atom. The van der Waals surface area contributed by atoms with Crippen LogP contribution in [-0.4, -0.2) is 27.5 Å². The Hall–Kier alpha value is -2.60. The van der Waals surface area contributed by atoms with Crippen LogP contribution in [0.1, 0.15) is 37.1 Å². The molecule has 0 spiro atoms. The molecule has 3 aromatic rings. The minimum Gasteiger partial charge on any atom is -0.453 e. The summed E-state index contributed by atoms with van der Waals surface area (Å²) in [4.78, 5) is 25.9. The molecule has 0 aliphatic heterocycles. The van der Waals surface area contributed by atoms with Gasteiger partial charge in [-0.15, -0.1) is 11.3 Å². The fourth-order valence-electron chi connectivity index (χ4n) is 3.06. The normalized spacial score (nSPS) is 10.9. The first-order chi connectivity index (χ1) is 12.5. The third-order valence-electron chi connectivity index (χ3n) is 4.52. The van der Waals surface area contributed by atoms with Gasteiger partial charge in [-0.3, -0.25) is 4.79 Å². The van der Waals surface area contributed by atoms with Crippen LogP contribution < -0.4 is 0 Å². The number of carbonyl (C=O) groups excluding carboxylic acids is 2. The van der Waals surface area contributed by atoms with E-state index >= 15 is 0 Å². The molecule has 0 unspecified atom stereocenters. The highest BCUT2D eigenvalue weighted by molar-refractivity contribution is 7.09. The Morgan fingerprint density at radius 1 is 1.19 bits per heavy atom. The summed E-state index contributed by atoms with van der Waals surface area (Å²) in [5.41, 5.74) is 3.00. The third-order valence-corrected chi connectivity index (χ3v) is 5.46. The Labute approximate surface area is 156 Å². The molecule has 0 amide bonds. The molecule has 136 valence electrons. The predicted octanol–water partition coefficient (Wildman–Crippen LogP) is 3.79. The number of nitrogens with zero attached hydrogens (tertiary/aromatic N) is 2. The number of rotatable bonds is 7. The number of Topliss-reactive ketones (excluding diaryl/α,β-unsaturated/α-hetero) is 1. The van der Waals surface area contributed by atoms with Gasteiger partial charge in [0.05, 0.1) is 0 Å². The Bertz CT molecular complexity index is 919. The molecule has 0 radical (unpaired) electrons. The van der Waals surface area contributed by atoms with Crippen molar-refractivity contribution >= 4 is 23.1 Å². The zero-order valence-corrected chi connectivity index (χ0v) is 16.0. The summed E-state index contributed by atoms with van der Waals surface area (Å²) >= 11 is 1.74. The van der Waals surface area contributed by atoms with Gasteiger partial charge in [0.1, 0.15) is 5.69 Å². The first kappa shape index (κ1) is 18.2. The second-order valence-corrected chi connectivity index (χ2v) is 7.30. The summed E-state index contributed by atoms with van der Waals surface area (Å²) in [6.45, 7) is 4.51. The van der Waals surface area contributed by atoms with Gasteiger partial charge < -0.3 is 13.9 Å². The van der Waals surface area contributed by atoms with E-state index in [-0.39, 0.29) is 12.4 Å². The molecule has 0 aliphatic rings. The molecule has 5 nitrogen and oxygen atoms in total. The number of hydrogen-bond acceptors (Lipinski definition) is 4. The number of aryl methyl sites for hydroxylation is 3. The van der Waals surface area contributed by atoms with E-state index in [4.69, 9.17) is 4.74 Å². The average molecular weight is 370 g/mol. The number of aromatic nitrogens is 2. The number of carbonyl (C=O) groups is 2. The van der Waals surface area contributed by atoms with E-state index < -0.39 is 5.97 Å². The molecule has 0 aliphatic carbocycles. The van der Waals surface area contributed by atoms with Gasteiger partial charge in [-0.1, -0.05) is 6.07 Å². The van der Waals surface area contributed by atoms with Gasteiger partial charge in [-0.25, -0.2) is 4.79 Å². The van der Waals surface area contributed by atoms with Crippen LogP contribution in [0.15, 0.2) is 41.9 Å². The molecular formula is C20H22N2O3S. The van der Waals surface area contributed by atoms with Crippen molar-refractivity contribution in [1.29, 1.82) is 0 Å². The number of ether oxygens (including phenoxy) is 1. The summed E-state index contributed by atoms with van der Waals surface area (Å²) in [6, 6.07) is 9.48. The highest BCUT2D eigenvalue weighted by atomic mass is 32.1. The number of esters is 1. The van der Waals surface area contributed by atoms with E-state index in [0.29, 0.717) is 11.3 Å². The molecule has 3 heterocycles. The van der Waals surface area contributed by atoms with Gasteiger partial charge in [0, 0.05) is 41.6 Å². The topological polar surface area (TPSA) is 53.2 Å². The monoisotopic (exact) mass is 370 g/mol. The first-order valence-electron chi connectivity index (χ1n) is 8.48. The highest BCUT2D eigenvalue weighted by Gasteiger charge is 2.18. The van der Waals surface area contributed by atoms with E-state index in [1.54, 1.807) is 41.3 Å². The van der Waals surface area contributed by atoms with E-state index in [9.17, 15) is 9.59 Å². The Morgan fingerprint density at radius 2 is 2.00 bits per heavy atom. The molecular weight excluding hydrogens is 348 g/mol. The summed E-state index contributed by atoms with van der Waals surface area (Å²) < 4.78 is 9.00. The molecule has 0 N–H and O–H groups in total. The fraction of sp³-hybridized carbons (Fsp3) is 0.300. The van der Waals surface area contributed by atoms with Crippen molar-refractivity contribution in [3.05, 3.63) is 69.4 Å². The maximum atomic E-state index is 12.5. The van der Waals surface area contributed by atoms with Crippen LogP contribution in [0.5, 0.6) is 0 Å². The lowest BCUT2D eigenvalue weighted by atomic mass is 10.1. The van der Waals surface area contributed by atoms with Crippen molar-refractivity contribution in [2.45, 2.75) is 26.8 Å². The van der Waals surface area contributed by atoms with Gasteiger partial charge in [-0.05, 0) is 49.9 Å². The van der Waals surface area contributed by atoms with Crippen LogP contribution in [0.25, 0.3) is 0 Å². The summed E-state index contributed by atoms with van der Waals surface area (Å²) in [5, 5.41) is 2.07. The highest BCUT2D eigenvalue weighted by Crippen LogP contribution is 2.18. The lowest BCUT2D eigenvalue weighted by molar-refractivity contribution is 0.0465. The predicted molar refractivity (Wildman–Crippen MR) is 102 cm³/mol. The Kier molecular flexibility index (Phi) is 5.42. The van der Waals surface area contributed by atoms with Gasteiger partial charge in [0.15, 0.2) is 6.61 Å². The second-order valence-electron chi connectivity index (χ2n) is 6.27. The summed E-state index contributed by atoms with van der Waals surface area (Å²) in [6.07, 6.45) is 2.70. The third kappa shape index (κ3) is 3.80. The maximum absolute atomic E-state index is 12.5. The maximum Gasteiger partial charge on any atom is 0.355 e. The smallest absolute Gasteiger partial charge is 0.355 e. The lowest BCUT2D eigenvalue weighted by Crippen LogP contribution is -2.17. The summed E-state index contributed by atoms with van der Waals surface area (Å²) in [7, 11) is 1.76. The standard InChI is InChI=1S/C20H22N2O3S/c1-14-12-17(15(2)22(14)10-8-16-6-5-11-26-16)19(23)13-25-20(24)18-7-4-9-21(18)3/h4-7,9,11-12H,8,10,13H2,1-3H3. The SMILES string of the molecule is Cc1cc(C(=O)COC(=O)c2cccn2C)c(C)n1CCc1cccs1. The molecule has 0 aromatic carbocycles. The Balaban J connectivity index is 1.65. The molecule has 3 aromatic heterocycles. The quantitative estimate of drug-likeness (QED) is 0.470. The van der Waals surface area contributed by atoms with Crippen LogP contribution in [0, 0.1) is 13.8 Å². The largest absolute Gasteiger partial charge is 0.453 e. The van der Waals surface area contributed by atoms with Crippen LogP contribution in [0.3, 0.4) is 0 Å². The molecule has 0 saturated heterocycles. The van der Waals surface area contributed by atoms with Crippen molar-refractivity contribution in [3.63, 3.8) is 0 Å². The van der Waals surface area contributed by atoms with Crippen molar-refractivity contribution in [3.8, 4) is 0 Å². The van der Waals surface area contributed by atoms with Crippen LogP contribution >= 0.6 is 11.3 Å². The second kappa shape index (κ2) is 7.74. The number of ketones is 1.